The van der Waals surface area contributed by atoms with E-state index < -0.39 is 0 Å². The van der Waals surface area contributed by atoms with Crippen LogP contribution in [0.25, 0.3) is 0 Å². The Labute approximate surface area is 128 Å². The van der Waals surface area contributed by atoms with E-state index in [0.29, 0.717) is 13.2 Å². The van der Waals surface area contributed by atoms with Crippen molar-refractivity contribution in [1.82, 2.24) is 0 Å². The molecule has 0 saturated carbocycles. The van der Waals surface area contributed by atoms with Crippen LogP contribution >= 0.6 is 0 Å². The molecule has 0 spiro atoms. The molecule has 0 radical (unpaired) electrons. The number of rotatable bonds is 5. The first-order valence-corrected chi connectivity index (χ1v) is 5.07. The van der Waals surface area contributed by atoms with Gasteiger partial charge in [-0.15, -0.1) is 5.41 Å². The fourth-order valence-electron chi connectivity index (χ4n) is 1.17. The van der Waals surface area contributed by atoms with Crippen LogP contribution < -0.4 is 21.7 Å². The summed E-state index contributed by atoms with van der Waals surface area (Å²) in [5.74, 6) is 0.872. The van der Waals surface area contributed by atoms with Crippen molar-refractivity contribution < 1.29 is 45.9 Å². The third-order valence-electron chi connectivity index (χ3n) is 1.92. The van der Waals surface area contributed by atoms with Crippen LogP contribution in [0.4, 0.5) is 0 Å². The van der Waals surface area contributed by atoms with E-state index in [1.807, 2.05) is 24.3 Å². The molecule has 0 amide bonds. The number of ether oxygens (including phenoxy) is 2. The maximum absolute atomic E-state index is 5.55. The van der Waals surface area contributed by atoms with Gasteiger partial charge in [-0.05, 0) is 17.7 Å². The Morgan fingerprint density at radius 2 is 1.71 bits per heavy atom. The second-order valence-electron chi connectivity index (χ2n) is 4.51. The van der Waals surface area contributed by atoms with Gasteiger partial charge < -0.3 is 33.4 Å². The Hall–Kier alpha value is 0.0834. The van der Waals surface area contributed by atoms with Gasteiger partial charge in [-0.2, -0.15) is 0 Å². The molecule has 0 aromatic heterocycles. The van der Waals surface area contributed by atoms with E-state index in [2.05, 4.69) is 20.8 Å². The predicted octanol–water partition coefficient (Wildman–Crippen LogP) is 0.0736. The van der Waals surface area contributed by atoms with Gasteiger partial charge in [0.15, 0.2) is 0 Å². The summed E-state index contributed by atoms with van der Waals surface area (Å²) in [6.45, 7) is 9.39. The van der Waals surface area contributed by atoms with Crippen molar-refractivity contribution in [3.8, 4) is 5.75 Å². The summed E-state index contributed by atoms with van der Waals surface area (Å²) in [5.41, 5.74) is 1.13. The minimum Gasteiger partial charge on any atom is -1.00 e. The average molecular weight is 353 g/mol. The van der Waals surface area contributed by atoms with Gasteiger partial charge in [-0.25, -0.2) is 0 Å². The summed E-state index contributed by atoms with van der Waals surface area (Å²) in [6, 6.07) is 7.89. The van der Waals surface area contributed by atoms with Crippen molar-refractivity contribution in [2.75, 3.05) is 13.7 Å². The molecule has 0 atom stereocenters. The van der Waals surface area contributed by atoms with E-state index >= 15 is 0 Å². The van der Waals surface area contributed by atoms with Gasteiger partial charge in [-0.1, -0.05) is 26.0 Å². The van der Waals surface area contributed by atoms with E-state index in [1.54, 1.807) is 7.11 Å². The van der Waals surface area contributed by atoms with Gasteiger partial charge in [0.05, 0.1) is 13.7 Å². The minimum atomic E-state index is -0.0214. The third kappa shape index (κ3) is 8.76. The summed E-state index contributed by atoms with van der Waals surface area (Å²) < 4.78 is 10.6. The number of methoxy groups -OCH3 is 1. The number of halogens is 1. The molecule has 0 unspecified atom stereocenters. The zero-order chi connectivity index (χ0) is 11.3. The quantitative estimate of drug-likeness (QED) is 0.552. The van der Waals surface area contributed by atoms with Crippen molar-refractivity contribution in [2.24, 2.45) is 5.41 Å². The molecule has 2 nitrogen and oxygen atoms in total. The number of hydrogen-bond donors (Lipinski definition) is 0. The van der Waals surface area contributed by atoms with Crippen molar-refractivity contribution in [3.63, 3.8) is 0 Å². The van der Waals surface area contributed by atoms with Crippen molar-refractivity contribution in [3.05, 3.63) is 36.8 Å². The molecule has 0 aliphatic carbocycles. The molecule has 0 saturated heterocycles. The molecule has 4 heteroatoms. The summed E-state index contributed by atoms with van der Waals surface area (Å²) in [7, 11) is 1.66. The topological polar surface area (TPSA) is 18.5 Å². The van der Waals surface area contributed by atoms with E-state index in [1.165, 1.54) is 0 Å². The molecule has 0 fully saturated rings. The predicted molar refractivity (Wildman–Crippen MR) is 61.8 cm³/mol. The van der Waals surface area contributed by atoms with E-state index in [0.717, 1.165) is 11.3 Å². The molecule has 0 heterocycles. The van der Waals surface area contributed by atoms with E-state index in [4.69, 9.17) is 9.47 Å². The third-order valence-corrected chi connectivity index (χ3v) is 1.92. The molecular weight excluding hydrogens is 333 g/mol. The molecule has 0 aliphatic heterocycles. The van der Waals surface area contributed by atoms with Crippen molar-refractivity contribution in [2.45, 2.75) is 20.5 Å². The Bertz CT molecular complexity index is 293. The Morgan fingerprint density at radius 3 is 2.12 bits per heavy atom. The van der Waals surface area contributed by atoms with Crippen LogP contribution in [0.15, 0.2) is 24.3 Å². The molecule has 0 aliphatic rings. The molecule has 1 rings (SSSR count). The standard InChI is InChI=1S/C13H19O2.BrH.Zn/c1-13(2,3)10-15-9-11-5-7-12(14-4)8-6-11;;/h5-8H,1,9-10H2,2-4H3;1H;/q-1;;+2/p-1. The normalized spacial score (nSPS) is 10.1. The van der Waals surface area contributed by atoms with Gasteiger partial charge in [0.1, 0.15) is 5.75 Å². The molecule has 1 aromatic carbocycles. The second kappa shape index (κ2) is 9.07. The number of benzene rings is 1. The van der Waals surface area contributed by atoms with Crippen LogP contribution in [0.1, 0.15) is 19.4 Å². The maximum Gasteiger partial charge on any atom is 2.00 e. The second-order valence-corrected chi connectivity index (χ2v) is 4.51. The van der Waals surface area contributed by atoms with Crippen LogP contribution in [0.5, 0.6) is 5.75 Å². The molecule has 92 valence electrons. The first-order chi connectivity index (χ1) is 7.01. The zero-order valence-corrected chi connectivity index (χ0v) is 15.4. The first kappa shape index (κ1) is 19.4. The van der Waals surface area contributed by atoms with Gasteiger partial charge in [0.25, 0.3) is 0 Å². The Balaban J connectivity index is 0. The van der Waals surface area contributed by atoms with Crippen molar-refractivity contribution >= 4 is 0 Å². The summed E-state index contributed by atoms with van der Waals surface area (Å²) >= 11 is 0. The van der Waals surface area contributed by atoms with Crippen LogP contribution in [-0.4, -0.2) is 13.7 Å². The van der Waals surface area contributed by atoms with Crippen LogP contribution in [-0.2, 0) is 30.8 Å². The van der Waals surface area contributed by atoms with Crippen LogP contribution in [0.2, 0.25) is 0 Å². The number of hydrogen-bond acceptors (Lipinski definition) is 2. The van der Waals surface area contributed by atoms with Crippen molar-refractivity contribution in [1.29, 1.82) is 0 Å². The van der Waals surface area contributed by atoms with Gasteiger partial charge in [-0.3, -0.25) is 0 Å². The van der Waals surface area contributed by atoms with E-state index in [-0.39, 0.29) is 41.9 Å². The zero-order valence-electron chi connectivity index (χ0n) is 10.8. The minimum absolute atomic E-state index is 0. The van der Waals surface area contributed by atoms with Gasteiger partial charge in [0.2, 0.25) is 0 Å². The molecule has 17 heavy (non-hydrogen) atoms. The van der Waals surface area contributed by atoms with Gasteiger partial charge >= 0.3 is 19.5 Å². The molecule has 1 aromatic rings. The first-order valence-electron chi connectivity index (χ1n) is 5.07. The summed E-state index contributed by atoms with van der Waals surface area (Å²) in [4.78, 5) is 0. The van der Waals surface area contributed by atoms with Crippen LogP contribution in [0, 0.1) is 12.3 Å². The molecular formula is C13H19BrO2Zn. The molecule has 0 bridgehead atoms. The van der Waals surface area contributed by atoms with E-state index in [9.17, 15) is 0 Å². The largest absolute Gasteiger partial charge is 2.00 e. The SMILES string of the molecule is [Br-].[CH2-]C(C)(C)COCc1ccc(OC)cc1.[Zn+2]. The maximum atomic E-state index is 5.55. The summed E-state index contributed by atoms with van der Waals surface area (Å²) in [5, 5.41) is 0. The van der Waals surface area contributed by atoms with Gasteiger partial charge in [0, 0.05) is 6.61 Å². The smallest absolute Gasteiger partial charge is 1.00 e. The summed E-state index contributed by atoms with van der Waals surface area (Å²) in [6.07, 6.45) is 0. The molecule has 0 N–H and O–H groups in total. The Kier molecular flexibility index (Phi) is 10.4. The average Bonchev–Trinajstić information content (AvgIpc) is 2.17. The van der Waals surface area contributed by atoms with Crippen LogP contribution in [0.3, 0.4) is 0 Å². The fraction of sp³-hybridized carbons (Fsp3) is 0.462. The fourth-order valence-corrected chi connectivity index (χ4v) is 1.17. The monoisotopic (exact) mass is 350 g/mol. The Morgan fingerprint density at radius 1 is 1.18 bits per heavy atom.